The van der Waals surface area contributed by atoms with E-state index in [9.17, 15) is 8.42 Å². The molecule has 1 aromatic heterocycles. The van der Waals surface area contributed by atoms with Gasteiger partial charge in [-0.25, -0.2) is 8.42 Å². The number of hydrogen-bond donors (Lipinski definition) is 1. The maximum absolute atomic E-state index is 12.4. The normalized spacial score (nSPS) is 11.1. The predicted molar refractivity (Wildman–Crippen MR) is 86.4 cm³/mol. The van der Waals surface area contributed by atoms with Crippen LogP contribution in [0.3, 0.4) is 0 Å². The summed E-state index contributed by atoms with van der Waals surface area (Å²) in [6.45, 7) is 1.87. The lowest BCUT2D eigenvalue weighted by Gasteiger charge is -2.10. The Hall–Kier alpha value is -0.880. The second kappa shape index (κ2) is 5.85. The zero-order valence-corrected chi connectivity index (χ0v) is 15.0. The first-order valence-corrected chi connectivity index (χ1v) is 9.26. The fraction of sp³-hybridized carbons (Fsp3) is 0.0833. The number of benzene rings is 1. The molecule has 1 N–H and O–H groups in total. The number of nitrogens with one attached hydrogen (secondary N) is 1. The molecular weight excluding hydrogens is 428 g/mol. The fourth-order valence-corrected chi connectivity index (χ4v) is 5.23. The van der Waals surface area contributed by atoms with Gasteiger partial charge in [0.1, 0.15) is 16.0 Å². The van der Waals surface area contributed by atoms with Gasteiger partial charge in [0.2, 0.25) is 0 Å². The Morgan fingerprint density at radius 3 is 2.65 bits per heavy atom. The van der Waals surface area contributed by atoms with E-state index in [2.05, 4.69) is 36.6 Å². The summed E-state index contributed by atoms with van der Waals surface area (Å²) in [6, 6.07) is 6.77. The van der Waals surface area contributed by atoms with Crippen molar-refractivity contribution in [1.29, 1.82) is 5.26 Å². The minimum Gasteiger partial charge on any atom is -0.269 e. The molecule has 2 rings (SSSR count). The molecule has 0 saturated heterocycles. The van der Waals surface area contributed by atoms with Crippen LogP contribution in [0.4, 0.5) is 5.00 Å². The molecular formula is C12H8Br2N2O2S2. The molecule has 0 radical (unpaired) electrons. The van der Waals surface area contributed by atoms with E-state index in [0.717, 1.165) is 5.56 Å². The fourth-order valence-electron chi connectivity index (χ4n) is 1.49. The van der Waals surface area contributed by atoms with E-state index in [4.69, 9.17) is 5.26 Å². The standard InChI is InChI=1S/C12H8Br2N2O2S2/c1-7-4-10(14)11(5-9(7)13)20(17,18)16-12-8(6-15)2-3-19-12/h2-5,16H,1H3. The number of halogens is 2. The molecule has 20 heavy (non-hydrogen) atoms. The third-order valence-corrected chi connectivity index (χ3v) is 6.64. The van der Waals surface area contributed by atoms with Crippen LogP contribution in [-0.2, 0) is 10.0 Å². The summed E-state index contributed by atoms with van der Waals surface area (Å²) >= 11 is 7.74. The minimum atomic E-state index is -3.75. The Labute approximate surface area is 137 Å². The van der Waals surface area contributed by atoms with Crippen molar-refractivity contribution in [3.63, 3.8) is 0 Å². The maximum atomic E-state index is 12.4. The number of anilines is 1. The summed E-state index contributed by atoms with van der Waals surface area (Å²) in [5.41, 5.74) is 1.23. The van der Waals surface area contributed by atoms with Crippen molar-refractivity contribution in [2.75, 3.05) is 4.72 Å². The van der Waals surface area contributed by atoms with Gasteiger partial charge in [-0.2, -0.15) is 5.26 Å². The monoisotopic (exact) mass is 434 g/mol. The van der Waals surface area contributed by atoms with Gasteiger partial charge >= 0.3 is 0 Å². The first-order valence-electron chi connectivity index (χ1n) is 5.31. The molecule has 0 fully saturated rings. The molecule has 0 aliphatic carbocycles. The van der Waals surface area contributed by atoms with Crippen molar-refractivity contribution in [2.45, 2.75) is 11.8 Å². The lowest BCUT2D eigenvalue weighted by Crippen LogP contribution is -2.13. The summed E-state index contributed by atoms with van der Waals surface area (Å²) in [4.78, 5) is 0.118. The summed E-state index contributed by atoms with van der Waals surface area (Å²) in [5, 5.41) is 10.9. The number of thiophene rings is 1. The Morgan fingerprint density at radius 2 is 2.00 bits per heavy atom. The minimum absolute atomic E-state index is 0.118. The molecule has 0 bridgehead atoms. The van der Waals surface area contributed by atoms with Crippen LogP contribution in [-0.4, -0.2) is 8.42 Å². The molecule has 8 heteroatoms. The highest BCUT2D eigenvalue weighted by atomic mass is 79.9. The number of sulfonamides is 1. The lowest BCUT2D eigenvalue weighted by atomic mass is 10.2. The highest BCUT2D eigenvalue weighted by Crippen LogP contribution is 2.32. The second-order valence-electron chi connectivity index (χ2n) is 3.91. The predicted octanol–water partition coefficient (Wildman–Crippen LogP) is 4.25. The average molecular weight is 436 g/mol. The molecule has 0 aliphatic heterocycles. The number of rotatable bonds is 3. The molecule has 0 saturated carbocycles. The van der Waals surface area contributed by atoms with Crippen LogP contribution < -0.4 is 4.72 Å². The van der Waals surface area contributed by atoms with Crippen LogP contribution in [0, 0.1) is 18.3 Å². The van der Waals surface area contributed by atoms with E-state index in [1.807, 2.05) is 13.0 Å². The topological polar surface area (TPSA) is 70.0 Å². The summed E-state index contributed by atoms with van der Waals surface area (Å²) in [6.07, 6.45) is 0. The Balaban J connectivity index is 2.47. The van der Waals surface area contributed by atoms with E-state index >= 15 is 0 Å². The molecule has 0 aliphatic rings. The molecule has 4 nitrogen and oxygen atoms in total. The van der Waals surface area contributed by atoms with Gasteiger partial charge in [-0.3, -0.25) is 4.72 Å². The summed E-state index contributed by atoms with van der Waals surface area (Å²) in [7, 11) is -3.75. The quantitative estimate of drug-likeness (QED) is 0.783. The third-order valence-electron chi connectivity index (χ3n) is 2.52. The van der Waals surface area contributed by atoms with E-state index < -0.39 is 10.0 Å². The molecule has 1 heterocycles. The van der Waals surface area contributed by atoms with E-state index in [1.165, 1.54) is 17.4 Å². The summed E-state index contributed by atoms with van der Waals surface area (Å²) in [5.74, 6) is 0. The second-order valence-corrected chi connectivity index (χ2v) is 8.19. The summed E-state index contributed by atoms with van der Waals surface area (Å²) < 4.78 is 28.4. The van der Waals surface area contributed by atoms with Crippen LogP contribution in [0.2, 0.25) is 0 Å². The van der Waals surface area contributed by atoms with Gasteiger partial charge in [-0.1, -0.05) is 15.9 Å². The highest BCUT2D eigenvalue weighted by molar-refractivity contribution is 9.11. The molecule has 0 amide bonds. The van der Waals surface area contributed by atoms with Crippen LogP contribution in [0.5, 0.6) is 0 Å². The van der Waals surface area contributed by atoms with Crippen LogP contribution in [0.1, 0.15) is 11.1 Å². The Bertz CT molecular complexity index is 807. The van der Waals surface area contributed by atoms with Crippen LogP contribution >= 0.6 is 43.2 Å². The first kappa shape index (κ1) is 15.5. The lowest BCUT2D eigenvalue weighted by molar-refractivity contribution is 0.601. The zero-order chi connectivity index (χ0) is 14.9. The number of hydrogen-bond acceptors (Lipinski definition) is 4. The maximum Gasteiger partial charge on any atom is 0.263 e. The van der Waals surface area contributed by atoms with Gasteiger partial charge in [0.05, 0.1) is 5.56 Å². The van der Waals surface area contributed by atoms with E-state index in [-0.39, 0.29) is 4.90 Å². The number of nitriles is 1. The Morgan fingerprint density at radius 1 is 1.30 bits per heavy atom. The average Bonchev–Trinajstić information content (AvgIpc) is 2.80. The molecule has 104 valence electrons. The van der Waals surface area contributed by atoms with Crippen molar-refractivity contribution in [3.05, 3.63) is 43.7 Å². The van der Waals surface area contributed by atoms with Crippen molar-refractivity contribution < 1.29 is 8.42 Å². The smallest absolute Gasteiger partial charge is 0.263 e. The molecule has 0 unspecified atom stereocenters. The van der Waals surface area contributed by atoms with Gasteiger partial charge < -0.3 is 0 Å². The Kier molecular flexibility index (Phi) is 4.54. The van der Waals surface area contributed by atoms with E-state index in [1.54, 1.807) is 17.5 Å². The number of aryl methyl sites for hydroxylation is 1. The molecule has 1 aromatic carbocycles. The molecule has 2 aromatic rings. The first-order chi connectivity index (χ1) is 9.35. The van der Waals surface area contributed by atoms with Gasteiger partial charge in [-0.05, 0) is 52.0 Å². The third kappa shape index (κ3) is 3.06. The van der Waals surface area contributed by atoms with E-state index in [0.29, 0.717) is 19.5 Å². The SMILES string of the molecule is Cc1cc(Br)c(S(=O)(=O)Nc2sccc2C#N)cc1Br. The van der Waals surface area contributed by atoms with Gasteiger partial charge in [0, 0.05) is 8.95 Å². The van der Waals surface area contributed by atoms with Crippen molar-refractivity contribution >= 4 is 58.2 Å². The van der Waals surface area contributed by atoms with Gasteiger partial charge in [-0.15, -0.1) is 11.3 Å². The molecule has 0 spiro atoms. The highest BCUT2D eigenvalue weighted by Gasteiger charge is 2.21. The van der Waals surface area contributed by atoms with Gasteiger partial charge in [0.25, 0.3) is 10.0 Å². The molecule has 0 atom stereocenters. The van der Waals surface area contributed by atoms with Crippen molar-refractivity contribution in [3.8, 4) is 6.07 Å². The van der Waals surface area contributed by atoms with Crippen LogP contribution in [0.15, 0.2) is 37.4 Å². The number of nitrogens with zero attached hydrogens (tertiary/aromatic N) is 1. The largest absolute Gasteiger partial charge is 0.269 e. The zero-order valence-electron chi connectivity index (χ0n) is 10.1. The van der Waals surface area contributed by atoms with Crippen molar-refractivity contribution in [2.24, 2.45) is 0 Å². The van der Waals surface area contributed by atoms with Gasteiger partial charge in [0.15, 0.2) is 0 Å². The van der Waals surface area contributed by atoms with Crippen LogP contribution in [0.25, 0.3) is 0 Å². The van der Waals surface area contributed by atoms with Crippen molar-refractivity contribution in [1.82, 2.24) is 0 Å².